The van der Waals surface area contributed by atoms with E-state index in [2.05, 4.69) is 15.9 Å². The molecule has 0 aromatic heterocycles. The van der Waals surface area contributed by atoms with Crippen molar-refractivity contribution in [1.29, 1.82) is 0 Å². The fourth-order valence-electron chi connectivity index (χ4n) is 2.66. The molecule has 1 nitrogen and oxygen atoms in total. The summed E-state index contributed by atoms with van der Waals surface area (Å²) in [7, 11) is 0. The quantitative estimate of drug-likeness (QED) is 0.558. The molecule has 1 aromatic rings. The summed E-state index contributed by atoms with van der Waals surface area (Å²) in [6, 6.07) is 4.92. The van der Waals surface area contributed by atoms with Gasteiger partial charge in [-0.1, -0.05) is 44.6 Å². The third-order valence-electron chi connectivity index (χ3n) is 3.70. The van der Waals surface area contributed by atoms with E-state index in [1.807, 2.05) is 0 Å². The Morgan fingerprint density at radius 2 is 1.89 bits per heavy atom. The van der Waals surface area contributed by atoms with E-state index in [-0.39, 0.29) is 11.3 Å². The third-order valence-corrected chi connectivity index (χ3v) is 4.31. The second-order valence-corrected chi connectivity index (χ2v) is 5.94. The van der Waals surface area contributed by atoms with E-state index >= 15 is 0 Å². The summed E-state index contributed by atoms with van der Waals surface area (Å²) < 4.78 is 14.2. The average Bonchev–Trinajstić information content (AvgIpc) is 2.61. The number of Topliss-reactive ketones (excluding diaryl/α,β-unsaturated/α-hetero) is 1. The predicted molar refractivity (Wildman–Crippen MR) is 74.2 cm³/mol. The Hall–Kier alpha value is -0.700. The van der Waals surface area contributed by atoms with Gasteiger partial charge in [-0.15, -0.1) is 0 Å². The first-order valence-electron chi connectivity index (χ1n) is 6.65. The van der Waals surface area contributed by atoms with E-state index in [0.29, 0.717) is 16.8 Å². The molecule has 1 aromatic carbocycles. The van der Waals surface area contributed by atoms with Gasteiger partial charge in [0.25, 0.3) is 0 Å². The fourth-order valence-corrected chi connectivity index (χ4v) is 3.03. The molecular formula is C15H18BrFO. The number of ketones is 1. The molecule has 0 bridgehead atoms. The van der Waals surface area contributed by atoms with Crippen LogP contribution in [-0.4, -0.2) is 5.78 Å². The molecule has 0 amide bonds. The molecule has 0 heterocycles. The third kappa shape index (κ3) is 3.41. The molecule has 1 aliphatic rings. The molecule has 3 heteroatoms. The zero-order valence-electron chi connectivity index (χ0n) is 10.4. The van der Waals surface area contributed by atoms with Gasteiger partial charge in [-0.2, -0.15) is 0 Å². The maximum Gasteiger partial charge on any atom is 0.166 e. The van der Waals surface area contributed by atoms with Gasteiger partial charge < -0.3 is 0 Å². The molecule has 1 saturated carbocycles. The van der Waals surface area contributed by atoms with Crippen LogP contribution in [-0.2, 0) is 0 Å². The van der Waals surface area contributed by atoms with Crippen LogP contribution in [0.5, 0.6) is 0 Å². The van der Waals surface area contributed by atoms with E-state index in [0.717, 1.165) is 12.8 Å². The Balaban J connectivity index is 2.04. The molecular weight excluding hydrogens is 295 g/mol. The Morgan fingerprint density at radius 3 is 2.56 bits per heavy atom. The Bertz CT molecular complexity index is 423. The summed E-state index contributed by atoms with van der Waals surface area (Å²) in [5.41, 5.74) is 0.230. The molecule has 0 unspecified atom stereocenters. The standard InChI is InChI=1S/C15H18BrFO/c16-13-9-5-8-12(15(13)17)14(18)10-11-6-3-1-2-4-7-11/h5,8-9,11H,1-4,6-7,10H2. The van der Waals surface area contributed by atoms with E-state index in [1.165, 1.54) is 25.7 Å². The van der Waals surface area contributed by atoms with Gasteiger partial charge in [-0.25, -0.2) is 4.39 Å². The highest BCUT2D eigenvalue weighted by atomic mass is 79.9. The Labute approximate surface area is 116 Å². The van der Waals surface area contributed by atoms with Crippen LogP contribution in [0.2, 0.25) is 0 Å². The zero-order valence-corrected chi connectivity index (χ0v) is 12.0. The second-order valence-electron chi connectivity index (χ2n) is 5.09. The number of halogens is 2. The van der Waals surface area contributed by atoms with Crippen molar-refractivity contribution in [2.75, 3.05) is 0 Å². The molecule has 0 spiro atoms. The molecule has 0 radical (unpaired) electrons. The van der Waals surface area contributed by atoms with Gasteiger partial charge in [-0.05, 0) is 34.0 Å². The fraction of sp³-hybridized carbons (Fsp3) is 0.533. The minimum absolute atomic E-state index is 0.0549. The van der Waals surface area contributed by atoms with Crippen LogP contribution in [0.3, 0.4) is 0 Å². The smallest absolute Gasteiger partial charge is 0.166 e. The van der Waals surface area contributed by atoms with E-state index < -0.39 is 5.82 Å². The summed E-state index contributed by atoms with van der Waals surface area (Å²) in [4.78, 5) is 12.1. The largest absolute Gasteiger partial charge is 0.294 e. The van der Waals surface area contributed by atoms with Crippen LogP contribution in [0.4, 0.5) is 4.39 Å². The highest BCUT2D eigenvalue weighted by Gasteiger charge is 2.20. The lowest BCUT2D eigenvalue weighted by atomic mass is 9.92. The summed E-state index contributed by atoms with van der Waals surface area (Å²) in [6.07, 6.45) is 7.68. The highest BCUT2D eigenvalue weighted by Crippen LogP contribution is 2.28. The summed E-state index contributed by atoms with van der Waals surface area (Å²) in [5.74, 6) is -0.0322. The van der Waals surface area contributed by atoms with Gasteiger partial charge in [0, 0.05) is 6.42 Å². The monoisotopic (exact) mass is 312 g/mol. The van der Waals surface area contributed by atoms with Crippen LogP contribution in [0.1, 0.15) is 55.3 Å². The topological polar surface area (TPSA) is 17.1 Å². The number of hydrogen-bond acceptors (Lipinski definition) is 1. The first kappa shape index (κ1) is 13.7. The van der Waals surface area contributed by atoms with Crippen LogP contribution >= 0.6 is 15.9 Å². The van der Waals surface area contributed by atoms with Crippen molar-refractivity contribution in [2.24, 2.45) is 5.92 Å². The number of hydrogen-bond donors (Lipinski definition) is 0. The predicted octanol–water partition coefficient (Wildman–Crippen LogP) is 5.13. The average molecular weight is 313 g/mol. The van der Waals surface area contributed by atoms with E-state index in [4.69, 9.17) is 0 Å². The molecule has 0 N–H and O–H groups in total. The molecule has 2 rings (SSSR count). The molecule has 0 aliphatic heterocycles. The van der Waals surface area contributed by atoms with Crippen molar-refractivity contribution < 1.29 is 9.18 Å². The van der Waals surface area contributed by atoms with Gasteiger partial charge in [0.2, 0.25) is 0 Å². The lowest BCUT2D eigenvalue weighted by molar-refractivity contribution is 0.0953. The van der Waals surface area contributed by atoms with Crippen LogP contribution < -0.4 is 0 Å². The number of benzene rings is 1. The van der Waals surface area contributed by atoms with E-state index in [9.17, 15) is 9.18 Å². The van der Waals surface area contributed by atoms with Crippen molar-refractivity contribution in [2.45, 2.75) is 44.9 Å². The van der Waals surface area contributed by atoms with Gasteiger partial charge >= 0.3 is 0 Å². The molecule has 0 atom stereocenters. The minimum Gasteiger partial charge on any atom is -0.294 e. The lowest BCUT2D eigenvalue weighted by Crippen LogP contribution is -2.10. The minimum atomic E-state index is -0.420. The van der Waals surface area contributed by atoms with Gasteiger partial charge in [0.1, 0.15) is 5.82 Å². The van der Waals surface area contributed by atoms with Gasteiger partial charge in [-0.3, -0.25) is 4.79 Å². The molecule has 1 fully saturated rings. The maximum atomic E-state index is 13.8. The van der Waals surface area contributed by atoms with Gasteiger partial charge in [0.15, 0.2) is 5.78 Å². The van der Waals surface area contributed by atoms with Gasteiger partial charge in [0.05, 0.1) is 10.0 Å². The van der Waals surface area contributed by atoms with Crippen molar-refractivity contribution in [3.63, 3.8) is 0 Å². The van der Waals surface area contributed by atoms with Crippen molar-refractivity contribution in [3.05, 3.63) is 34.1 Å². The van der Waals surface area contributed by atoms with Crippen molar-refractivity contribution >= 4 is 21.7 Å². The first-order valence-corrected chi connectivity index (χ1v) is 7.45. The normalized spacial score (nSPS) is 17.4. The SMILES string of the molecule is O=C(CC1CCCCCC1)c1cccc(Br)c1F. The molecule has 1 aliphatic carbocycles. The summed E-state index contributed by atoms with van der Waals surface area (Å²) in [6.45, 7) is 0. The summed E-state index contributed by atoms with van der Waals surface area (Å²) >= 11 is 3.12. The summed E-state index contributed by atoms with van der Waals surface area (Å²) in [5, 5.41) is 0. The van der Waals surface area contributed by atoms with Crippen LogP contribution in [0.25, 0.3) is 0 Å². The van der Waals surface area contributed by atoms with Crippen LogP contribution in [0, 0.1) is 11.7 Å². The molecule has 98 valence electrons. The number of carbonyl (C=O) groups is 1. The molecule has 18 heavy (non-hydrogen) atoms. The second kappa shape index (κ2) is 6.46. The zero-order chi connectivity index (χ0) is 13.0. The highest BCUT2D eigenvalue weighted by molar-refractivity contribution is 9.10. The number of carbonyl (C=O) groups excluding carboxylic acids is 1. The number of rotatable bonds is 3. The van der Waals surface area contributed by atoms with Crippen LogP contribution in [0.15, 0.2) is 22.7 Å². The molecule has 0 saturated heterocycles. The lowest BCUT2D eigenvalue weighted by Gasteiger charge is -2.13. The van der Waals surface area contributed by atoms with Crippen molar-refractivity contribution in [1.82, 2.24) is 0 Å². The Kier molecular flexibility index (Phi) is 4.93. The first-order chi connectivity index (χ1) is 8.68. The van der Waals surface area contributed by atoms with Crippen molar-refractivity contribution in [3.8, 4) is 0 Å². The van der Waals surface area contributed by atoms with E-state index in [1.54, 1.807) is 18.2 Å². The Morgan fingerprint density at radius 1 is 1.22 bits per heavy atom. The maximum absolute atomic E-state index is 13.8.